The van der Waals surface area contributed by atoms with E-state index in [-0.39, 0.29) is 44.3 Å². The van der Waals surface area contributed by atoms with Gasteiger partial charge in [-0.3, -0.25) is 9.59 Å². The number of pyridine rings is 1. The predicted octanol–water partition coefficient (Wildman–Crippen LogP) is 5.92. The number of benzene rings is 1. The zero-order valence-corrected chi connectivity index (χ0v) is 21.1. The number of amides is 2. The number of rotatable bonds is 8. The highest BCUT2D eigenvalue weighted by Gasteiger charge is 2.23. The Bertz CT molecular complexity index is 1260. The molecule has 0 aliphatic heterocycles. The SMILES string of the molecule is CCN(C#N)Cc1csc(C(=O)Nc2c(OC)cc(Cl)cc2C(=O)Nc2ccc(Cl)cn2)c1Cl. The van der Waals surface area contributed by atoms with Crippen molar-refractivity contribution in [2.75, 3.05) is 24.3 Å². The van der Waals surface area contributed by atoms with E-state index in [1.54, 1.807) is 11.4 Å². The highest BCUT2D eigenvalue weighted by molar-refractivity contribution is 7.13. The molecule has 2 N–H and O–H groups in total. The van der Waals surface area contributed by atoms with Crippen LogP contribution >= 0.6 is 46.1 Å². The van der Waals surface area contributed by atoms with Crippen molar-refractivity contribution in [2.24, 2.45) is 0 Å². The molecule has 0 aliphatic carbocycles. The summed E-state index contributed by atoms with van der Waals surface area (Å²) < 4.78 is 5.35. The predicted molar refractivity (Wildman–Crippen MR) is 134 cm³/mol. The number of nitriles is 1. The molecule has 0 bridgehead atoms. The van der Waals surface area contributed by atoms with E-state index >= 15 is 0 Å². The quantitative estimate of drug-likeness (QED) is 0.272. The first-order valence-corrected chi connectivity index (χ1v) is 11.8. The summed E-state index contributed by atoms with van der Waals surface area (Å²) in [6.07, 6.45) is 3.45. The van der Waals surface area contributed by atoms with Crippen molar-refractivity contribution in [3.63, 3.8) is 0 Å². The number of carbonyl (C=O) groups excluding carboxylic acids is 2. The van der Waals surface area contributed by atoms with Gasteiger partial charge >= 0.3 is 0 Å². The third-order valence-electron chi connectivity index (χ3n) is 4.63. The molecule has 3 rings (SSSR count). The van der Waals surface area contributed by atoms with Gasteiger partial charge in [0.2, 0.25) is 0 Å². The highest BCUT2D eigenvalue weighted by Crippen LogP contribution is 2.35. The van der Waals surface area contributed by atoms with Crippen molar-refractivity contribution in [1.82, 2.24) is 9.88 Å². The number of hydrogen-bond acceptors (Lipinski definition) is 7. The summed E-state index contributed by atoms with van der Waals surface area (Å²) >= 11 is 19.6. The topological polar surface area (TPSA) is 107 Å². The molecular weight excluding hydrogens is 521 g/mol. The molecule has 3 aromatic rings. The molecule has 34 heavy (non-hydrogen) atoms. The van der Waals surface area contributed by atoms with E-state index in [1.165, 1.54) is 36.4 Å². The van der Waals surface area contributed by atoms with E-state index in [4.69, 9.17) is 44.8 Å². The monoisotopic (exact) mass is 537 g/mol. The Kier molecular flexibility index (Phi) is 8.58. The summed E-state index contributed by atoms with van der Waals surface area (Å²) in [5.74, 6) is -0.670. The average Bonchev–Trinajstić information content (AvgIpc) is 3.19. The van der Waals surface area contributed by atoms with Gasteiger partial charge in [0.25, 0.3) is 11.8 Å². The highest BCUT2D eigenvalue weighted by atomic mass is 35.5. The van der Waals surface area contributed by atoms with Crippen LogP contribution in [0.5, 0.6) is 5.75 Å². The third kappa shape index (κ3) is 5.90. The number of anilines is 2. The number of methoxy groups -OCH3 is 1. The van der Waals surface area contributed by atoms with Crippen LogP contribution in [-0.2, 0) is 6.54 Å². The third-order valence-corrected chi connectivity index (χ3v) is 6.64. The van der Waals surface area contributed by atoms with Gasteiger partial charge in [-0.15, -0.1) is 11.3 Å². The lowest BCUT2D eigenvalue weighted by Gasteiger charge is -2.16. The normalized spacial score (nSPS) is 10.4. The maximum atomic E-state index is 13.1. The molecule has 0 aliphatic rings. The van der Waals surface area contributed by atoms with E-state index in [2.05, 4.69) is 21.8 Å². The van der Waals surface area contributed by atoms with Gasteiger partial charge < -0.3 is 20.3 Å². The van der Waals surface area contributed by atoms with Gasteiger partial charge in [0.15, 0.2) is 6.19 Å². The molecule has 2 aromatic heterocycles. The Balaban J connectivity index is 1.91. The van der Waals surface area contributed by atoms with Crippen LogP contribution in [0.25, 0.3) is 0 Å². The van der Waals surface area contributed by atoms with Crippen molar-refractivity contribution in [3.8, 4) is 11.9 Å². The summed E-state index contributed by atoms with van der Waals surface area (Å²) in [7, 11) is 1.39. The lowest BCUT2D eigenvalue weighted by atomic mass is 10.1. The molecule has 2 heterocycles. The first kappa shape index (κ1) is 25.6. The van der Waals surface area contributed by atoms with Gasteiger partial charge in [0.05, 0.1) is 35.0 Å². The standard InChI is InChI=1S/C22H18Cl3N5O3S/c1-3-30(11-26)9-12-10-34-20(18(12)25)22(32)29-19-15(6-14(24)7-16(19)33-2)21(31)28-17-5-4-13(23)8-27-17/h4-8,10H,3,9H2,1-2H3,(H,29,32)(H,27,28,31). The second-order valence-electron chi connectivity index (χ2n) is 6.82. The largest absolute Gasteiger partial charge is 0.494 e. The van der Waals surface area contributed by atoms with Crippen molar-refractivity contribution in [1.29, 1.82) is 5.26 Å². The minimum absolute atomic E-state index is 0.0593. The van der Waals surface area contributed by atoms with Crippen LogP contribution in [0.2, 0.25) is 15.1 Å². The van der Waals surface area contributed by atoms with Crippen molar-refractivity contribution < 1.29 is 14.3 Å². The number of nitrogens with zero attached hydrogens (tertiary/aromatic N) is 3. The maximum Gasteiger partial charge on any atom is 0.267 e. The number of halogens is 3. The first-order chi connectivity index (χ1) is 16.3. The van der Waals surface area contributed by atoms with Crippen LogP contribution in [0.3, 0.4) is 0 Å². The van der Waals surface area contributed by atoms with Gasteiger partial charge in [-0.2, -0.15) is 5.26 Å². The molecule has 0 atom stereocenters. The van der Waals surface area contributed by atoms with Gasteiger partial charge in [-0.1, -0.05) is 34.8 Å². The molecule has 0 saturated heterocycles. The fourth-order valence-corrected chi connectivity index (χ4v) is 4.48. The Morgan fingerprint density at radius 1 is 1.18 bits per heavy atom. The van der Waals surface area contributed by atoms with Gasteiger partial charge in [-0.25, -0.2) is 4.98 Å². The second-order valence-corrected chi connectivity index (χ2v) is 8.95. The fraction of sp³-hybridized carbons (Fsp3) is 0.182. The van der Waals surface area contributed by atoms with Gasteiger partial charge in [0, 0.05) is 29.4 Å². The lowest BCUT2D eigenvalue weighted by Crippen LogP contribution is -2.19. The fourth-order valence-electron chi connectivity index (χ4n) is 2.92. The summed E-state index contributed by atoms with van der Waals surface area (Å²) in [6, 6.07) is 5.99. The van der Waals surface area contributed by atoms with E-state index in [0.717, 1.165) is 11.3 Å². The second kappa shape index (κ2) is 11.4. The van der Waals surface area contributed by atoms with Gasteiger partial charge in [0.1, 0.15) is 16.4 Å². The molecule has 0 spiro atoms. The first-order valence-electron chi connectivity index (χ1n) is 9.79. The molecule has 2 amide bonds. The molecule has 12 heteroatoms. The number of nitrogens with one attached hydrogen (secondary N) is 2. The summed E-state index contributed by atoms with van der Waals surface area (Å²) in [5, 5.41) is 17.1. The number of ether oxygens (including phenoxy) is 1. The van der Waals surface area contributed by atoms with E-state index in [1.807, 2.05) is 6.92 Å². The molecule has 1 aromatic carbocycles. The molecular formula is C22H18Cl3N5O3S. The zero-order chi connectivity index (χ0) is 24.8. The molecule has 0 fully saturated rings. The Morgan fingerprint density at radius 2 is 1.94 bits per heavy atom. The minimum atomic E-state index is -0.573. The van der Waals surface area contributed by atoms with Crippen LogP contribution in [0.1, 0.15) is 32.5 Å². The Morgan fingerprint density at radius 3 is 2.56 bits per heavy atom. The minimum Gasteiger partial charge on any atom is -0.494 e. The number of carbonyl (C=O) groups is 2. The van der Waals surface area contributed by atoms with Crippen LogP contribution < -0.4 is 15.4 Å². The summed E-state index contributed by atoms with van der Waals surface area (Å²) in [4.78, 5) is 31.9. The molecule has 0 radical (unpaired) electrons. The molecule has 0 unspecified atom stereocenters. The number of hydrogen-bond donors (Lipinski definition) is 2. The lowest BCUT2D eigenvalue weighted by molar-refractivity contribution is 0.102. The molecule has 176 valence electrons. The van der Waals surface area contributed by atoms with Crippen LogP contribution in [-0.4, -0.2) is 35.4 Å². The smallest absolute Gasteiger partial charge is 0.267 e. The average molecular weight is 539 g/mol. The van der Waals surface area contributed by atoms with E-state index in [0.29, 0.717) is 17.1 Å². The number of aromatic nitrogens is 1. The van der Waals surface area contributed by atoms with Crippen molar-refractivity contribution >= 4 is 69.5 Å². The Hall–Kier alpha value is -3.03. The van der Waals surface area contributed by atoms with Crippen LogP contribution in [0.15, 0.2) is 35.8 Å². The zero-order valence-electron chi connectivity index (χ0n) is 18.0. The summed E-state index contributed by atoms with van der Waals surface area (Å²) in [5.41, 5.74) is 0.820. The molecule has 0 saturated carbocycles. The van der Waals surface area contributed by atoms with E-state index < -0.39 is 11.8 Å². The van der Waals surface area contributed by atoms with Gasteiger partial charge in [-0.05, 0) is 30.5 Å². The number of thiophene rings is 1. The van der Waals surface area contributed by atoms with Crippen LogP contribution in [0, 0.1) is 11.5 Å². The van der Waals surface area contributed by atoms with Crippen LogP contribution in [0.4, 0.5) is 11.5 Å². The van der Waals surface area contributed by atoms with E-state index in [9.17, 15) is 9.59 Å². The summed E-state index contributed by atoms with van der Waals surface area (Å²) in [6.45, 7) is 2.63. The Labute approximate surface area is 215 Å². The molecule has 8 nitrogen and oxygen atoms in total. The van der Waals surface area contributed by atoms with Crippen molar-refractivity contribution in [3.05, 3.63) is 66.9 Å². The van der Waals surface area contributed by atoms with Crippen molar-refractivity contribution in [2.45, 2.75) is 13.5 Å². The maximum absolute atomic E-state index is 13.1.